The monoisotopic (exact) mass is 174 g/mol. The van der Waals surface area contributed by atoms with Gasteiger partial charge in [-0.1, -0.05) is 6.58 Å². The Labute approximate surface area is 67.8 Å². The van der Waals surface area contributed by atoms with Crippen LogP contribution < -0.4 is 0 Å². The zero-order valence-corrected chi connectivity index (χ0v) is 8.18. The van der Waals surface area contributed by atoms with Crippen LogP contribution in [0.4, 0.5) is 0 Å². The third-order valence-electron chi connectivity index (χ3n) is 0.905. The number of hydrogen-bond acceptors (Lipinski definition) is 3. The molecule has 3 nitrogen and oxygen atoms in total. The van der Waals surface area contributed by atoms with Crippen LogP contribution in [0.15, 0.2) is 12.2 Å². The first-order valence-electron chi connectivity index (χ1n) is 3.38. The van der Waals surface area contributed by atoms with Crippen LogP contribution in [-0.2, 0) is 9.53 Å². The molecule has 64 valence electrons. The maximum Gasteiger partial charge on any atom is 0.332 e. The standard InChI is InChI=1S/C7H14O3Si/c1-6(2)7(8)10-5-11(3,4)9/h9H,1,5H2,2-4H3. The van der Waals surface area contributed by atoms with E-state index in [0.717, 1.165) is 0 Å². The Kier molecular flexibility index (Phi) is 3.48. The van der Waals surface area contributed by atoms with Crippen LogP contribution in [0, 0.1) is 0 Å². The molecule has 0 heterocycles. The maximum atomic E-state index is 10.8. The molecule has 0 spiro atoms. The lowest BCUT2D eigenvalue weighted by Gasteiger charge is -2.13. The van der Waals surface area contributed by atoms with Gasteiger partial charge in [-0.25, -0.2) is 4.79 Å². The van der Waals surface area contributed by atoms with Crippen molar-refractivity contribution < 1.29 is 14.3 Å². The highest BCUT2D eigenvalue weighted by atomic mass is 28.4. The minimum atomic E-state index is -2.25. The van der Waals surface area contributed by atoms with Crippen molar-refractivity contribution in [3.8, 4) is 0 Å². The third kappa shape index (κ3) is 5.81. The predicted octanol–water partition coefficient (Wildman–Crippen LogP) is 0.842. The second kappa shape index (κ2) is 3.68. The van der Waals surface area contributed by atoms with Crippen LogP contribution >= 0.6 is 0 Å². The average Bonchev–Trinajstić information content (AvgIpc) is 1.80. The van der Waals surface area contributed by atoms with Gasteiger partial charge in [0.25, 0.3) is 0 Å². The summed E-state index contributed by atoms with van der Waals surface area (Å²) in [6, 6.07) is 0. The summed E-state index contributed by atoms with van der Waals surface area (Å²) in [4.78, 5) is 20.1. The van der Waals surface area contributed by atoms with Crippen LogP contribution in [0.1, 0.15) is 6.92 Å². The van der Waals surface area contributed by atoms with Gasteiger partial charge >= 0.3 is 5.97 Å². The molecule has 0 aromatic carbocycles. The fourth-order valence-corrected chi connectivity index (χ4v) is 0.850. The minimum Gasteiger partial charge on any atom is -0.463 e. The molecule has 11 heavy (non-hydrogen) atoms. The van der Waals surface area contributed by atoms with Crippen molar-refractivity contribution in [2.24, 2.45) is 0 Å². The molecule has 0 bridgehead atoms. The topological polar surface area (TPSA) is 46.5 Å². The molecule has 0 fully saturated rings. The summed E-state index contributed by atoms with van der Waals surface area (Å²) in [6.45, 7) is 8.41. The summed E-state index contributed by atoms with van der Waals surface area (Å²) in [5.41, 5.74) is 0.364. The normalized spacial score (nSPS) is 10.9. The number of rotatable bonds is 3. The number of hydrogen-bond donors (Lipinski definition) is 1. The van der Waals surface area contributed by atoms with E-state index in [1.165, 1.54) is 0 Å². The van der Waals surface area contributed by atoms with E-state index in [4.69, 9.17) is 4.74 Å². The van der Waals surface area contributed by atoms with Crippen molar-refractivity contribution in [2.45, 2.75) is 20.0 Å². The van der Waals surface area contributed by atoms with Crippen LogP contribution in [0.5, 0.6) is 0 Å². The summed E-state index contributed by atoms with van der Waals surface area (Å²) < 4.78 is 4.74. The Morgan fingerprint density at radius 1 is 1.64 bits per heavy atom. The second-order valence-corrected chi connectivity index (χ2v) is 7.08. The highest BCUT2D eigenvalue weighted by Crippen LogP contribution is 1.99. The SMILES string of the molecule is C=C(C)C(=O)OC[Si](C)(C)O. The van der Waals surface area contributed by atoms with Crippen molar-refractivity contribution >= 4 is 14.3 Å². The van der Waals surface area contributed by atoms with Gasteiger partial charge < -0.3 is 9.53 Å². The van der Waals surface area contributed by atoms with Crippen LogP contribution in [0.2, 0.25) is 13.1 Å². The summed E-state index contributed by atoms with van der Waals surface area (Å²) in [7, 11) is -2.25. The highest BCUT2D eigenvalue weighted by Gasteiger charge is 2.19. The lowest BCUT2D eigenvalue weighted by Crippen LogP contribution is -2.33. The number of carbonyl (C=O) groups excluding carboxylic acids is 1. The molecule has 0 rings (SSSR count). The molecular formula is C7H14O3Si. The van der Waals surface area contributed by atoms with Crippen molar-refractivity contribution in [3.05, 3.63) is 12.2 Å². The van der Waals surface area contributed by atoms with Gasteiger partial charge in [-0.15, -0.1) is 0 Å². The van der Waals surface area contributed by atoms with Crippen LogP contribution in [0.25, 0.3) is 0 Å². The predicted molar refractivity (Wildman–Crippen MR) is 45.5 cm³/mol. The van der Waals surface area contributed by atoms with Gasteiger partial charge in [-0.3, -0.25) is 0 Å². The summed E-state index contributed by atoms with van der Waals surface area (Å²) in [5.74, 6) is -0.431. The van der Waals surface area contributed by atoms with Crippen molar-refractivity contribution in [3.63, 3.8) is 0 Å². The molecule has 0 aromatic rings. The Hall–Kier alpha value is -0.613. The number of carbonyl (C=O) groups is 1. The van der Waals surface area contributed by atoms with E-state index in [2.05, 4.69) is 6.58 Å². The molecule has 0 atom stereocenters. The van der Waals surface area contributed by atoms with Gasteiger partial charge in [0.05, 0.1) is 0 Å². The van der Waals surface area contributed by atoms with E-state index >= 15 is 0 Å². The van der Waals surface area contributed by atoms with Crippen molar-refractivity contribution in [1.82, 2.24) is 0 Å². The molecule has 0 unspecified atom stereocenters. The molecule has 0 saturated heterocycles. The molecule has 0 amide bonds. The highest BCUT2D eigenvalue weighted by molar-refractivity contribution is 6.69. The van der Waals surface area contributed by atoms with Crippen molar-refractivity contribution in [2.75, 3.05) is 6.23 Å². The zero-order valence-electron chi connectivity index (χ0n) is 7.18. The molecular weight excluding hydrogens is 160 g/mol. The lowest BCUT2D eigenvalue weighted by molar-refractivity contribution is -0.137. The Bertz CT molecular complexity index is 169. The first-order chi connectivity index (χ1) is 4.83. The molecule has 0 aliphatic heterocycles. The second-order valence-electron chi connectivity index (χ2n) is 3.17. The quantitative estimate of drug-likeness (QED) is 0.392. The molecule has 4 heteroatoms. The van der Waals surface area contributed by atoms with Crippen molar-refractivity contribution in [1.29, 1.82) is 0 Å². The third-order valence-corrected chi connectivity index (χ3v) is 1.76. The van der Waals surface area contributed by atoms with Crippen LogP contribution in [0.3, 0.4) is 0 Å². The average molecular weight is 174 g/mol. The number of esters is 1. The number of ether oxygens (including phenoxy) is 1. The fraction of sp³-hybridized carbons (Fsp3) is 0.571. The van der Waals surface area contributed by atoms with Gasteiger partial charge in [0.1, 0.15) is 6.23 Å². The Balaban J connectivity index is 3.73. The minimum absolute atomic E-state index is 0.138. The molecule has 1 N–H and O–H groups in total. The summed E-state index contributed by atoms with van der Waals surface area (Å²) >= 11 is 0. The first-order valence-corrected chi connectivity index (χ1v) is 6.53. The molecule has 0 aromatic heterocycles. The molecule has 0 aliphatic carbocycles. The van der Waals surface area contributed by atoms with E-state index in [-0.39, 0.29) is 6.23 Å². The van der Waals surface area contributed by atoms with E-state index in [1.54, 1.807) is 20.0 Å². The van der Waals surface area contributed by atoms with Gasteiger partial charge in [-0.2, -0.15) is 0 Å². The van der Waals surface area contributed by atoms with Gasteiger partial charge in [0.15, 0.2) is 0 Å². The van der Waals surface area contributed by atoms with E-state index < -0.39 is 14.3 Å². The molecule has 0 saturated carbocycles. The van der Waals surface area contributed by atoms with Gasteiger partial charge in [0, 0.05) is 5.57 Å². The lowest BCUT2D eigenvalue weighted by atomic mass is 10.4. The largest absolute Gasteiger partial charge is 0.463 e. The Morgan fingerprint density at radius 3 is 2.36 bits per heavy atom. The molecule has 0 aliphatic rings. The smallest absolute Gasteiger partial charge is 0.332 e. The maximum absolute atomic E-state index is 10.8. The first kappa shape index (κ1) is 10.4. The zero-order chi connectivity index (χ0) is 9.07. The van der Waals surface area contributed by atoms with Crippen LogP contribution in [-0.4, -0.2) is 25.3 Å². The summed E-state index contributed by atoms with van der Waals surface area (Å²) in [5, 5.41) is 0. The van der Waals surface area contributed by atoms with E-state index in [1.807, 2.05) is 0 Å². The Morgan fingerprint density at radius 2 is 2.09 bits per heavy atom. The molecule has 0 radical (unpaired) electrons. The van der Waals surface area contributed by atoms with Gasteiger partial charge in [0.2, 0.25) is 8.32 Å². The fourth-order valence-electron chi connectivity index (χ4n) is 0.365. The summed E-state index contributed by atoms with van der Waals surface area (Å²) in [6.07, 6.45) is 0.138. The van der Waals surface area contributed by atoms with Gasteiger partial charge in [-0.05, 0) is 20.0 Å². The van der Waals surface area contributed by atoms with E-state index in [0.29, 0.717) is 5.57 Å². The van der Waals surface area contributed by atoms with E-state index in [9.17, 15) is 9.59 Å².